The van der Waals surface area contributed by atoms with Crippen molar-refractivity contribution in [3.8, 4) is 5.75 Å². The largest absolute Gasteiger partial charge is 0.490 e. The highest BCUT2D eigenvalue weighted by Gasteiger charge is 2.24. The number of ether oxygens (including phenoxy) is 1. The molecule has 0 amide bonds. The zero-order valence-electron chi connectivity index (χ0n) is 9.39. The second kappa shape index (κ2) is 5.15. The van der Waals surface area contributed by atoms with Gasteiger partial charge in [0.2, 0.25) is 0 Å². The molecule has 2 heteroatoms. The van der Waals surface area contributed by atoms with E-state index >= 15 is 0 Å². The number of hydrogen-bond donors (Lipinski definition) is 0. The summed E-state index contributed by atoms with van der Waals surface area (Å²) in [6.07, 6.45) is 3.17. The van der Waals surface area contributed by atoms with Crippen molar-refractivity contribution in [3.63, 3.8) is 0 Å². The van der Waals surface area contributed by atoms with Crippen LogP contribution in [-0.2, 0) is 4.79 Å². The number of ketones is 1. The second-order valence-electron chi connectivity index (χ2n) is 4.35. The lowest BCUT2D eigenvalue weighted by atomic mass is 9.85. The minimum absolute atomic E-state index is 0.0458. The van der Waals surface area contributed by atoms with Crippen molar-refractivity contribution < 1.29 is 9.53 Å². The second-order valence-corrected chi connectivity index (χ2v) is 4.35. The van der Waals surface area contributed by atoms with Crippen LogP contribution in [0, 0.1) is 12.8 Å². The molecule has 0 heterocycles. The molecule has 1 unspecified atom stereocenters. The van der Waals surface area contributed by atoms with Crippen LogP contribution in [0.15, 0.2) is 30.3 Å². The summed E-state index contributed by atoms with van der Waals surface area (Å²) in [7, 11) is 0. The number of benzene rings is 1. The molecule has 0 N–H and O–H groups in total. The molecule has 0 aromatic heterocycles. The lowest BCUT2D eigenvalue weighted by Gasteiger charge is -2.27. The van der Waals surface area contributed by atoms with Crippen LogP contribution < -0.4 is 4.74 Å². The van der Waals surface area contributed by atoms with Gasteiger partial charge < -0.3 is 4.74 Å². The summed E-state index contributed by atoms with van der Waals surface area (Å²) in [6.45, 7) is 4.05. The molecule has 1 aliphatic carbocycles. The van der Waals surface area contributed by atoms with Crippen molar-refractivity contribution in [2.45, 2.75) is 31.8 Å². The number of hydrogen-bond acceptors (Lipinski definition) is 2. The first-order chi connectivity index (χ1) is 7.75. The highest BCUT2D eigenvalue weighted by atomic mass is 16.5. The van der Waals surface area contributed by atoms with E-state index in [1.54, 1.807) is 0 Å². The van der Waals surface area contributed by atoms with Gasteiger partial charge in [-0.2, -0.15) is 0 Å². The molecule has 16 heavy (non-hydrogen) atoms. The van der Waals surface area contributed by atoms with Gasteiger partial charge in [0.05, 0.1) is 0 Å². The Hall–Kier alpha value is -1.31. The fourth-order valence-electron chi connectivity index (χ4n) is 2.10. The average molecular weight is 217 g/mol. The first-order valence-electron chi connectivity index (χ1n) is 5.82. The van der Waals surface area contributed by atoms with Crippen molar-refractivity contribution in [2.75, 3.05) is 0 Å². The van der Waals surface area contributed by atoms with Crippen LogP contribution in [0.2, 0.25) is 0 Å². The quantitative estimate of drug-likeness (QED) is 0.778. The summed E-state index contributed by atoms with van der Waals surface area (Å²) < 4.78 is 5.77. The maximum atomic E-state index is 11.1. The third kappa shape index (κ3) is 2.84. The maximum Gasteiger partial charge on any atom is 0.132 e. The zero-order chi connectivity index (χ0) is 11.4. The molecule has 2 rings (SSSR count). The van der Waals surface area contributed by atoms with Gasteiger partial charge in [-0.05, 0) is 37.8 Å². The molecule has 1 aromatic rings. The molecule has 1 atom stereocenters. The third-order valence-electron chi connectivity index (χ3n) is 3.14. The Balaban J connectivity index is 1.88. The molecule has 1 saturated carbocycles. The zero-order valence-corrected chi connectivity index (χ0v) is 9.39. The predicted octanol–water partition coefficient (Wildman–Crippen LogP) is 3.03. The Bertz CT molecular complexity index is 335. The minimum Gasteiger partial charge on any atom is -0.490 e. The van der Waals surface area contributed by atoms with Crippen LogP contribution in [0.1, 0.15) is 25.7 Å². The molecule has 0 bridgehead atoms. The number of Topliss-reactive ketones (excluding diaryl/α,β-unsaturated/α-hetero) is 1. The summed E-state index contributed by atoms with van der Waals surface area (Å²) in [5.74, 6) is 1.65. The molecule has 1 aliphatic rings. The summed E-state index contributed by atoms with van der Waals surface area (Å²) >= 11 is 0. The van der Waals surface area contributed by atoms with Crippen molar-refractivity contribution in [3.05, 3.63) is 37.3 Å². The van der Waals surface area contributed by atoms with Gasteiger partial charge >= 0.3 is 0 Å². The normalized spacial score (nSPS) is 19.4. The van der Waals surface area contributed by atoms with Crippen molar-refractivity contribution in [2.24, 2.45) is 5.92 Å². The standard InChI is InChI=1S/C14H17O2/c1-11(12-7-9-13(15)10-8-12)16-14-5-3-2-4-6-14/h2-6,11-12H,1,7-10H2. The predicted molar refractivity (Wildman–Crippen MR) is 63.2 cm³/mol. The van der Waals surface area contributed by atoms with E-state index in [1.165, 1.54) is 0 Å². The number of carbonyl (C=O) groups is 1. The van der Waals surface area contributed by atoms with E-state index in [1.807, 2.05) is 30.3 Å². The fourth-order valence-corrected chi connectivity index (χ4v) is 2.10. The Morgan fingerprint density at radius 1 is 1.19 bits per heavy atom. The Morgan fingerprint density at radius 2 is 1.81 bits per heavy atom. The maximum absolute atomic E-state index is 11.1. The summed E-state index contributed by atoms with van der Waals surface area (Å²) in [5.41, 5.74) is 0. The molecule has 1 fully saturated rings. The molecule has 2 nitrogen and oxygen atoms in total. The summed E-state index contributed by atoms with van der Waals surface area (Å²) in [4.78, 5) is 11.1. The molecular weight excluding hydrogens is 200 g/mol. The lowest BCUT2D eigenvalue weighted by Crippen LogP contribution is -2.28. The number of carbonyl (C=O) groups excluding carboxylic acids is 1. The van der Waals surface area contributed by atoms with Gasteiger partial charge in [0.15, 0.2) is 0 Å². The van der Waals surface area contributed by atoms with Gasteiger partial charge in [0.1, 0.15) is 17.6 Å². The van der Waals surface area contributed by atoms with Gasteiger partial charge in [0, 0.05) is 12.8 Å². The van der Waals surface area contributed by atoms with E-state index in [2.05, 4.69) is 6.92 Å². The topological polar surface area (TPSA) is 26.3 Å². The van der Waals surface area contributed by atoms with E-state index in [-0.39, 0.29) is 6.10 Å². The molecule has 1 radical (unpaired) electrons. The van der Waals surface area contributed by atoms with Crippen molar-refractivity contribution >= 4 is 5.78 Å². The monoisotopic (exact) mass is 217 g/mol. The summed E-state index contributed by atoms with van der Waals surface area (Å²) in [5, 5.41) is 0. The highest BCUT2D eigenvalue weighted by molar-refractivity contribution is 5.79. The van der Waals surface area contributed by atoms with Crippen molar-refractivity contribution in [1.29, 1.82) is 0 Å². The Kier molecular flexibility index (Phi) is 3.60. The van der Waals surface area contributed by atoms with Crippen LogP contribution in [0.4, 0.5) is 0 Å². The molecule has 85 valence electrons. The Labute approximate surface area is 96.6 Å². The van der Waals surface area contributed by atoms with Gasteiger partial charge in [-0.25, -0.2) is 0 Å². The van der Waals surface area contributed by atoms with E-state index in [9.17, 15) is 4.79 Å². The van der Waals surface area contributed by atoms with E-state index < -0.39 is 0 Å². The smallest absolute Gasteiger partial charge is 0.132 e. The third-order valence-corrected chi connectivity index (χ3v) is 3.14. The van der Waals surface area contributed by atoms with E-state index in [0.717, 1.165) is 18.6 Å². The first kappa shape index (κ1) is 11.2. The summed E-state index contributed by atoms with van der Waals surface area (Å²) in [6, 6.07) is 9.74. The average Bonchev–Trinajstić information content (AvgIpc) is 2.31. The SMILES string of the molecule is [CH2]C(Oc1ccccc1)C1CCC(=O)CC1. The van der Waals surface area contributed by atoms with Crippen LogP contribution in [0.5, 0.6) is 5.75 Å². The van der Waals surface area contributed by atoms with Crippen LogP contribution in [0.25, 0.3) is 0 Å². The van der Waals surface area contributed by atoms with Crippen LogP contribution in [0.3, 0.4) is 0 Å². The first-order valence-corrected chi connectivity index (χ1v) is 5.82. The Morgan fingerprint density at radius 3 is 2.44 bits per heavy atom. The van der Waals surface area contributed by atoms with Gasteiger partial charge in [0.25, 0.3) is 0 Å². The number of para-hydroxylation sites is 1. The minimum atomic E-state index is -0.0458. The van der Waals surface area contributed by atoms with Gasteiger partial charge in [-0.15, -0.1) is 0 Å². The molecule has 0 saturated heterocycles. The van der Waals surface area contributed by atoms with Gasteiger partial charge in [-0.1, -0.05) is 18.2 Å². The molecule has 1 aromatic carbocycles. The highest BCUT2D eigenvalue weighted by Crippen LogP contribution is 2.27. The molecule has 0 aliphatic heterocycles. The van der Waals surface area contributed by atoms with E-state index in [0.29, 0.717) is 24.5 Å². The van der Waals surface area contributed by atoms with Gasteiger partial charge in [-0.3, -0.25) is 4.79 Å². The fraction of sp³-hybridized carbons (Fsp3) is 0.429. The number of rotatable bonds is 3. The van der Waals surface area contributed by atoms with Crippen molar-refractivity contribution in [1.82, 2.24) is 0 Å². The lowest BCUT2D eigenvalue weighted by molar-refractivity contribution is -0.121. The molecular formula is C14H17O2. The van der Waals surface area contributed by atoms with Crippen LogP contribution >= 0.6 is 0 Å². The van der Waals surface area contributed by atoms with Crippen LogP contribution in [-0.4, -0.2) is 11.9 Å². The van der Waals surface area contributed by atoms with E-state index in [4.69, 9.17) is 4.74 Å². The molecule has 0 spiro atoms.